The highest BCUT2D eigenvalue weighted by Gasteiger charge is 2.31. The van der Waals surface area contributed by atoms with Crippen LogP contribution in [0.1, 0.15) is 34.9 Å². The molecule has 1 saturated heterocycles. The molecular weight excluding hydrogens is 306 g/mol. The van der Waals surface area contributed by atoms with Crippen LogP contribution in [0, 0.1) is 0 Å². The topological polar surface area (TPSA) is 66.8 Å². The molecule has 124 valence electrons. The number of hydrogen-bond donors (Lipinski definition) is 1. The highest BCUT2D eigenvalue weighted by Crippen LogP contribution is 2.24. The molecule has 3 rings (SSSR count). The minimum absolute atomic E-state index is 0.0217. The largest absolute Gasteiger partial charge is 0.508 e. The van der Waals surface area contributed by atoms with Crippen molar-refractivity contribution in [1.29, 1.82) is 0 Å². The number of likely N-dealkylation sites (tertiary alicyclic amines) is 1. The quantitative estimate of drug-likeness (QED) is 0.878. The number of carbonyl (C=O) groups is 2. The second-order valence-corrected chi connectivity index (χ2v) is 5.78. The molecule has 1 atom stereocenters. The Morgan fingerprint density at radius 2 is 1.71 bits per heavy atom. The molecule has 2 aromatic rings. The number of ether oxygens (including phenoxy) is 1. The first kappa shape index (κ1) is 16.1. The van der Waals surface area contributed by atoms with E-state index >= 15 is 0 Å². The summed E-state index contributed by atoms with van der Waals surface area (Å²) in [4.78, 5) is 26.9. The van der Waals surface area contributed by atoms with Crippen LogP contribution >= 0.6 is 0 Å². The maximum atomic E-state index is 12.8. The summed E-state index contributed by atoms with van der Waals surface area (Å²) in [5, 5.41) is 9.51. The van der Waals surface area contributed by atoms with Crippen LogP contribution in [-0.2, 0) is 9.53 Å². The molecule has 24 heavy (non-hydrogen) atoms. The van der Waals surface area contributed by atoms with Gasteiger partial charge in [-0.15, -0.1) is 0 Å². The third-order valence-corrected chi connectivity index (χ3v) is 4.05. The number of benzene rings is 2. The molecule has 0 aromatic heterocycles. The van der Waals surface area contributed by atoms with Gasteiger partial charge < -0.3 is 14.7 Å². The number of esters is 1. The summed E-state index contributed by atoms with van der Waals surface area (Å²) in [6, 6.07) is 14.9. The summed E-state index contributed by atoms with van der Waals surface area (Å²) in [5.41, 5.74) is 0.855. The van der Waals surface area contributed by atoms with Crippen molar-refractivity contribution in [2.45, 2.75) is 18.9 Å². The van der Waals surface area contributed by atoms with Gasteiger partial charge in [-0.3, -0.25) is 4.79 Å². The van der Waals surface area contributed by atoms with Crippen molar-refractivity contribution in [2.24, 2.45) is 0 Å². The Labute approximate surface area is 140 Å². The first-order chi connectivity index (χ1) is 11.6. The monoisotopic (exact) mass is 325 g/mol. The van der Waals surface area contributed by atoms with Crippen molar-refractivity contribution < 1.29 is 19.4 Å². The molecule has 5 heteroatoms. The molecule has 1 N–H and O–H groups in total. The minimum atomic E-state index is -0.973. The summed E-state index contributed by atoms with van der Waals surface area (Å²) in [5.74, 6) is -0.855. The second kappa shape index (κ2) is 7.17. The second-order valence-electron chi connectivity index (χ2n) is 5.78. The molecule has 1 heterocycles. The van der Waals surface area contributed by atoms with E-state index in [0.717, 1.165) is 12.8 Å². The van der Waals surface area contributed by atoms with Gasteiger partial charge in [-0.1, -0.05) is 36.4 Å². The minimum Gasteiger partial charge on any atom is -0.508 e. The van der Waals surface area contributed by atoms with E-state index in [0.29, 0.717) is 18.7 Å². The van der Waals surface area contributed by atoms with Crippen molar-refractivity contribution in [1.82, 2.24) is 4.90 Å². The lowest BCUT2D eigenvalue weighted by molar-refractivity contribution is -0.140. The van der Waals surface area contributed by atoms with Gasteiger partial charge in [0.05, 0.1) is 5.56 Å². The van der Waals surface area contributed by atoms with Gasteiger partial charge in [-0.2, -0.15) is 0 Å². The summed E-state index contributed by atoms with van der Waals surface area (Å²) >= 11 is 0. The summed E-state index contributed by atoms with van der Waals surface area (Å²) in [6.45, 7) is 1.37. The molecule has 2 aromatic carbocycles. The standard InChI is InChI=1S/C19H19NO4/c21-16-10-6-9-15(13-16)19(23)24-17(14-7-2-1-3-8-14)18(22)20-11-4-5-12-20/h1-3,6-10,13,17,21H,4-5,11-12H2/t17-/m1/s1. The maximum absolute atomic E-state index is 12.8. The Morgan fingerprint density at radius 1 is 1.00 bits per heavy atom. The van der Waals surface area contributed by atoms with Crippen LogP contribution in [0.15, 0.2) is 54.6 Å². The molecule has 0 aliphatic carbocycles. The third kappa shape index (κ3) is 3.56. The first-order valence-corrected chi connectivity index (χ1v) is 7.99. The fourth-order valence-electron chi connectivity index (χ4n) is 2.80. The smallest absolute Gasteiger partial charge is 0.339 e. The van der Waals surface area contributed by atoms with Crippen LogP contribution in [0.5, 0.6) is 5.75 Å². The van der Waals surface area contributed by atoms with Crippen LogP contribution < -0.4 is 0 Å². The number of rotatable bonds is 4. The number of aromatic hydroxyl groups is 1. The van der Waals surface area contributed by atoms with Gasteiger partial charge in [0.1, 0.15) is 5.75 Å². The van der Waals surface area contributed by atoms with E-state index in [2.05, 4.69) is 0 Å². The molecule has 1 aliphatic heterocycles. The highest BCUT2D eigenvalue weighted by atomic mass is 16.5. The van der Waals surface area contributed by atoms with Crippen molar-refractivity contribution in [3.05, 3.63) is 65.7 Å². The molecule has 0 saturated carbocycles. The van der Waals surface area contributed by atoms with Gasteiger partial charge in [-0.25, -0.2) is 4.79 Å². The van der Waals surface area contributed by atoms with Gasteiger partial charge in [-0.05, 0) is 31.0 Å². The third-order valence-electron chi connectivity index (χ3n) is 4.05. The fraction of sp³-hybridized carbons (Fsp3) is 0.263. The number of phenols is 1. The SMILES string of the molecule is O=C(O[C@@H](C(=O)N1CCCC1)c1ccccc1)c1cccc(O)c1. The Bertz CT molecular complexity index is 723. The van der Waals surface area contributed by atoms with Crippen LogP contribution in [0.2, 0.25) is 0 Å². The molecular formula is C19H19NO4. The van der Waals surface area contributed by atoms with E-state index in [9.17, 15) is 14.7 Å². The average molecular weight is 325 g/mol. The number of hydrogen-bond acceptors (Lipinski definition) is 4. The molecule has 0 radical (unpaired) electrons. The lowest BCUT2D eigenvalue weighted by Gasteiger charge is -2.23. The summed E-state index contributed by atoms with van der Waals surface area (Å²) < 4.78 is 5.51. The van der Waals surface area contributed by atoms with E-state index in [-0.39, 0.29) is 17.2 Å². The van der Waals surface area contributed by atoms with Crippen molar-refractivity contribution in [3.63, 3.8) is 0 Å². The highest BCUT2D eigenvalue weighted by molar-refractivity contribution is 5.93. The van der Waals surface area contributed by atoms with Crippen molar-refractivity contribution in [2.75, 3.05) is 13.1 Å². The molecule has 0 bridgehead atoms. The van der Waals surface area contributed by atoms with Gasteiger partial charge in [0.2, 0.25) is 6.10 Å². The summed E-state index contributed by atoms with van der Waals surface area (Å²) in [6.07, 6.45) is 0.959. The van der Waals surface area contributed by atoms with E-state index in [1.165, 1.54) is 12.1 Å². The number of phenolic OH excluding ortho intramolecular Hbond substituents is 1. The lowest BCUT2D eigenvalue weighted by atomic mass is 10.1. The van der Waals surface area contributed by atoms with E-state index < -0.39 is 12.1 Å². The van der Waals surface area contributed by atoms with E-state index in [1.54, 1.807) is 29.2 Å². The number of nitrogens with zero attached hydrogens (tertiary/aromatic N) is 1. The van der Waals surface area contributed by atoms with Crippen LogP contribution in [0.4, 0.5) is 0 Å². The molecule has 1 amide bonds. The van der Waals surface area contributed by atoms with E-state index in [1.807, 2.05) is 18.2 Å². The Balaban J connectivity index is 1.84. The van der Waals surface area contributed by atoms with Crippen LogP contribution in [0.3, 0.4) is 0 Å². The molecule has 0 unspecified atom stereocenters. The van der Waals surface area contributed by atoms with Gasteiger partial charge in [0, 0.05) is 18.7 Å². The van der Waals surface area contributed by atoms with Gasteiger partial charge in [0.25, 0.3) is 5.91 Å². The predicted octanol–water partition coefficient (Wildman–Crippen LogP) is 2.91. The fourth-order valence-corrected chi connectivity index (χ4v) is 2.80. The molecule has 1 fully saturated rings. The Kier molecular flexibility index (Phi) is 4.79. The zero-order chi connectivity index (χ0) is 16.9. The Hall–Kier alpha value is -2.82. The Morgan fingerprint density at radius 3 is 2.38 bits per heavy atom. The zero-order valence-corrected chi connectivity index (χ0v) is 13.2. The van der Waals surface area contributed by atoms with Gasteiger partial charge >= 0.3 is 5.97 Å². The average Bonchev–Trinajstić information content (AvgIpc) is 3.14. The molecule has 0 spiro atoms. The maximum Gasteiger partial charge on any atom is 0.339 e. The van der Waals surface area contributed by atoms with Crippen molar-refractivity contribution >= 4 is 11.9 Å². The predicted molar refractivity (Wildman–Crippen MR) is 88.5 cm³/mol. The normalized spacial score (nSPS) is 15.1. The molecule has 5 nitrogen and oxygen atoms in total. The number of amides is 1. The van der Waals surface area contributed by atoms with Crippen LogP contribution in [0.25, 0.3) is 0 Å². The zero-order valence-electron chi connectivity index (χ0n) is 13.2. The van der Waals surface area contributed by atoms with Gasteiger partial charge in [0.15, 0.2) is 0 Å². The lowest BCUT2D eigenvalue weighted by Crippen LogP contribution is -2.34. The van der Waals surface area contributed by atoms with Crippen LogP contribution in [-0.4, -0.2) is 35.0 Å². The molecule has 1 aliphatic rings. The van der Waals surface area contributed by atoms with Crippen molar-refractivity contribution in [3.8, 4) is 5.75 Å². The number of carbonyl (C=O) groups excluding carboxylic acids is 2. The summed E-state index contributed by atoms with van der Waals surface area (Å²) in [7, 11) is 0. The van der Waals surface area contributed by atoms with E-state index in [4.69, 9.17) is 4.74 Å². The first-order valence-electron chi connectivity index (χ1n) is 7.99.